The summed E-state index contributed by atoms with van der Waals surface area (Å²) in [4.78, 5) is 14.0. The highest BCUT2D eigenvalue weighted by atomic mass is 32.2. The second-order valence-electron chi connectivity index (χ2n) is 6.07. The molecular formula is C14H27N3O3S2. The number of nitrogens with zero attached hydrogens (tertiary/aromatic N) is 2. The topological polar surface area (TPSA) is 69.7 Å². The van der Waals surface area contributed by atoms with Gasteiger partial charge in [0.15, 0.2) is 0 Å². The van der Waals surface area contributed by atoms with Crippen molar-refractivity contribution in [2.75, 3.05) is 51.3 Å². The van der Waals surface area contributed by atoms with Crippen LogP contribution in [0.4, 0.5) is 0 Å². The van der Waals surface area contributed by atoms with E-state index < -0.39 is 10.0 Å². The minimum Gasteiger partial charge on any atom is -0.354 e. The first-order valence-corrected chi connectivity index (χ1v) is 10.9. The Labute approximate surface area is 138 Å². The fraction of sp³-hybridized carbons (Fsp3) is 0.929. The van der Waals surface area contributed by atoms with Gasteiger partial charge in [0.25, 0.3) is 0 Å². The number of thioether (sulfide) groups is 1. The summed E-state index contributed by atoms with van der Waals surface area (Å²) in [6.45, 7) is 3.99. The third kappa shape index (κ3) is 6.06. The maximum Gasteiger partial charge on any atom is 0.230 e. The number of sulfonamides is 1. The Bertz CT molecular complexity index is 456. The molecule has 1 aliphatic heterocycles. The number of nitrogens with one attached hydrogen (secondary N) is 1. The number of carbonyl (C=O) groups is 1. The van der Waals surface area contributed by atoms with Crippen molar-refractivity contribution in [2.45, 2.75) is 30.9 Å². The molecule has 0 atom stereocenters. The van der Waals surface area contributed by atoms with Crippen LogP contribution >= 0.6 is 11.8 Å². The van der Waals surface area contributed by atoms with Crippen molar-refractivity contribution in [1.29, 1.82) is 0 Å². The maximum absolute atomic E-state index is 11.8. The van der Waals surface area contributed by atoms with Gasteiger partial charge in [0.05, 0.1) is 12.0 Å². The number of hydrogen-bond donors (Lipinski definition) is 1. The molecule has 0 aromatic rings. The third-order valence-electron chi connectivity index (χ3n) is 4.30. The Morgan fingerprint density at radius 3 is 2.41 bits per heavy atom. The summed E-state index contributed by atoms with van der Waals surface area (Å²) in [5.74, 6) is 0.679. The van der Waals surface area contributed by atoms with Crippen molar-refractivity contribution >= 4 is 27.7 Å². The Hall–Kier alpha value is -0.310. The fourth-order valence-corrected chi connectivity index (χ4v) is 4.92. The number of piperazine rings is 1. The minimum absolute atomic E-state index is 0.117. The molecule has 0 spiro atoms. The molecule has 2 aliphatic rings. The average Bonchev–Trinajstić information content (AvgIpc) is 2.98. The first-order chi connectivity index (χ1) is 10.4. The van der Waals surface area contributed by atoms with Gasteiger partial charge in [-0.2, -0.15) is 4.31 Å². The van der Waals surface area contributed by atoms with Crippen molar-refractivity contribution in [3.05, 3.63) is 0 Å². The molecule has 1 saturated heterocycles. The van der Waals surface area contributed by atoms with Gasteiger partial charge in [0.1, 0.15) is 0 Å². The van der Waals surface area contributed by atoms with E-state index in [1.807, 2.05) is 0 Å². The van der Waals surface area contributed by atoms with E-state index in [2.05, 4.69) is 10.2 Å². The zero-order valence-electron chi connectivity index (χ0n) is 13.3. The average molecular weight is 350 g/mol. The van der Waals surface area contributed by atoms with Crippen LogP contribution in [-0.4, -0.2) is 80.1 Å². The molecule has 1 amide bonds. The van der Waals surface area contributed by atoms with Crippen LogP contribution in [0.25, 0.3) is 0 Å². The molecule has 2 rings (SSSR count). The lowest BCUT2D eigenvalue weighted by molar-refractivity contribution is -0.118. The van der Waals surface area contributed by atoms with Crippen LogP contribution in [0.5, 0.6) is 0 Å². The van der Waals surface area contributed by atoms with Crippen molar-refractivity contribution in [1.82, 2.24) is 14.5 Å². The molecule has 1 saturated carbocycles. The molecule has 22 heavy (non-hydrogen) atoms. The van der Waals surface area contributed by atoms with Crippen molar-refractivity contribution in [3.8, 4) is 0 Å². The van der Waals surface area contributed by atoms with Crippen molar-refractivity contribution < 1.29 is 13.2 Å². The van der Waals surface area contributed by atoms with Gasteiger partial charge < -0.3 is 5.32 Å². The van der Waals surface area contributed by atoms with E-state index in [1.165, 1.54) is 36.2 Å². The van der Waals surface area contributed by atoms with E-state index >= 15 is 0 Å². The van der Waals surface area contributed by atoms with Crippen LogP contribution < -0.4 is 5.32 Å². The number of carbonyl (C=O) groups excluding carboxylic acids is 1. The third-order valence-corrected chi connectivity index (χ3v) is 6.98. The fourth-order valence-electron chi connectivity index (χ4n) is 2.94. The molecule has 1 N–H and O–H groups in total. The molecule has 0 unspecified atom stereocenters. The quantitative estimate of drug-likeness (QED) is 0.718. The predicted molar refractivity (Wildman–Crippen MR) is 90.6 cm³/mol. The molecular weight excluding hydrogens is 322 g/mol. The van der Waals surface area contributed by atoms with Crippen LogP contribution in [0.2, 0.25) is 0 Å². The first-order valence-electron chi connectivity index (χ1n) is 8.01. The van der Waals surface area contributed by atoms with Crippen LogP contribution in [0.3, 0.4) is 0 Å². The maximum atomic E-state index is 11.8. The molecule has 6 nitrogen and oxygen atoms in total. The van der Waals surface area contributed by atoms with E-state index in [0.717, 1.165) is 19.6 Å². The Kier molecular flexibility index (Phi) is 6.98. The SMILES string of the molecule is CS(=O)(=O)N1CCN(CCNC(=O)CSC2CCCC2)CC1. The lowest BCUT2D eigenvalue weighted by Crippen LogP contribution is -2.50. The van der Waals surface area contributed by atoms with Crippen LogP contribution in [0, 0.1) is 0 Å². The second-order valence-corrected chi connectivity index (χ2v) is 9.34. The number of amides is 1. The normalized spacial score (nSPS) is 22.0. The Balaban J connectivity index is 1.54. The van der Waals surface area contributed by atoms with E-state index in [9.17, 15) is 13.2 Å². The molecule has 1 heterocycles. The lowest BCUT2D eigenvalue weighted by Gasteiger charge is -2.33. The molecule has 1 aliphatic carbocycles. The van der Waals surface area contributed by atoms with Crippen LogP contribution in [-0.2, 0) is 14.8 Å². The number of rotatable bonds is 7. The van der Waals surface area contributed by atoms with Gasteiger partial charge in [0.2, 0.25) is 15.9 Å². The highest BCUT2D eigenvalue weighted by Gasteiger charge is 2.23. The summed E-state index contributed by atoms with van der Waals surface area (Å²) in [5, 5.41) is 3.64. The second kappa shape index (κ2) is 8.52. The Morgan fingerprint density at radius 1 is 1.18 bits per heavy atom. The van der Waals surface area contributed by atoms with Gasteiger partial charge in [0, 0.05) is 44.5 Å². The molecule has 0 aromatic carbocycles. The highest BCUT2D eigenvalue weighted by Crippen LogP contribution is 2.28. The summed E-state index contributed by atoms with van der Waals surface area (Å²) < 4.78 is 24.4. The minimum atomic E-state index is -3.06. The van der Waals surface area contributed by atoms with E-state index in [-0.39, 0.29) is 5.91 Å². The molecule has 0 radical (unpaired) electrons. The van der Waals surface area contributed by atoms with Crippen LogP contribution in [0.1, 0.15) is 25.7 Å². The summed E-state index contributed by atoms with van der Waals surface area (Å²) in [7, 11) is -3.06. The standard InChI is InChI=1S/C14H27N3O3S2/c1-22(19,20)17-10-8-16(9-11-17)7-6-15-14(18)12-21-13-4-2-3-5-13/h13H,2-12H2,1H3,(H,15,18). The van der Waals surface area contributed by atoms with Crippen molar-refractivity contribution in [2.24, 2.45) is 0 Å². The molecule has 0 bridgehead atoms. The summed E-state index contributed by atoms with van der Waals surface area (Å²) >= 11 is 1.78. The van der Waals surface area contributed by atoms with Gasteiger partial charge in [-0.25, -0.2) is 8.42 Å². The molecule has 8 heteroatoms. The van der Waals surface area contributed by atoms with E-state index in [0.29, 0.717) is 30.6 Å². The van der Waals surface area contributed by atoms with Gasteiger partial charge >= 0.3 is 0 Å². The first kappa shape index (κ1) is 18.0. The Morgan fingerprint density at radius 2 is 1.82 bits per heavy atom. The summed E-state index contributed by atoms with van der Waals surface area (Å²) in [6, 6.07) is 0. The van der Waals surface area contributed by atoms with Gasteiger partial charge in [-0.1, -0.05) is 12.8 Å². The predicted octanol–water partition coefficient (Wildman–Crippen LogP) is 0.356. The lowest BCUT2D eigenvalue weighted by atomic mass is 10.3. The van der Waals surface area contributed by atoms with Gasteiger partial charge in [-0.05, 0) is 12.8 Å². The molecule has 0 aromatic heterocycles. The largest absolute Gasteiger partial charge is 0.354 e. The van der Waals surface area contributed by atoms with Crippen molar-refractivity contribution in [3.63, 3.8) is 0 Å². The highest BCUT2D eigenvalue weighted by molar-refractivity contribution is 8.00. The number of hydrogen-bond acceptors (Lipinski definition) is 5. The van der Waals surface area contributed by atoms with Crippen LogP contribution in [0.15, 0.2) is 0 Å². The zero-order valence-corrected chi connectivity index (χ0v) is 14.9. The zero-order chi connectivity index (χ0) is 16.0. The smallest absolute Gasteiger partial charge is 0.230 e. The van der Waals surface area contributed by atoms with E-state index in [1.54, 1.807) is 11.8 Å². The van der Waals surface area contributed by atoms with Gasteiger partial charge in [-0.3, -0.25) is 9.69 Å². The van der Waals surface area contributed by atoms with E-state index in [4.69, 9.17) is 0 Å². The summed E-state index contributed by atoms with van der Waals surface area (Å²) in [6.07, 6.45) is 6.37. The summed E-state index contributed by atoms with van der Waals surface area (Å²) in [5.41, 5.74) is 0. The molecule has 128 valence electrons. The molecule has 2 fully saturated rings. The monoisotopic (exact) mass is 349 g/mol. The van der Waals surface area contributed by atoms with Gasteiger partial charge in [-0.15, -0.1) is 11.8 Å².